The number of carbonyl (C=O) groups is 1. The molecule has 1 aromatic carbocycles. The summed E-state index contributed by atoms with van der Waals surface area (Å²) in [5.41, 5.74) is 0.935. The van der Waals surface area contributed by atoms with Gasteiger partial charge < -0.3 is 0 Å². The van der Waals surface area contributed by atoms with Crippen molar-refractivity contribution in [2.75, 3.05) is 11.5 Å². The normalized spacial score (nSPS) is 10.7. The maximum atomic E-state index is 11.8. The Labute approximate surface area is 110 Å². The Morgan fingerprint density at radius 1 is 1.39 bits per heavy atom. The minimum Gasteiger partial charge on any atom is -0.273 e. The molecule has 0 aliphatic carbocycles. The van der Waals surface area contributed by atoms with Gasteiger partial charge in [0, 0.05) is 0 Å². The van der Waals surface area contributed by atoms with E-state index in [4.69, 9.17) is 5.26 Å². The number of aryl methyl sites for hydroxylation is 1. The van der Waals surface area contributed by atoms with Crippen molar-refractivity contribution in [2.24, 2.45) is 0 Å². The fourth-order valence-corrected chi connectivity index (χ4v) is 2.67. The zero-order valence-electron chi connectivity index (χ0n) is 9.71. The molecular formula is C11H12N2O3S2. The molecule has 0 saturated heterocycles. The molecule has 7 heteroatoms. The molecule has 5 nitrogen and oxygen atoms in total. The van der Waals surface area contributed by atoms with E-state index >= 15 is 0 Å². The van der Waals surface area contributed by atoms with Crippen LogP contribution in [0.1, 0.15) is 5.56 Å². The minimum atomic E-state index is -3.81. The Kier molecular flexibility index (Phi) is 5.19. The number of nitrogens with one attached hydrogen (secondary N) is 1. The maximum absolute atomic E-state index is 11.8. The summed E-state index contributed by atoms with van der Waals surface area (Å²) >= 11 is 1.06. The zero-order valence-corrected chi connectivity index (χ0v) is 11.3. The molecule has 1 amide bonds. The van der Waals surface area contributed by atoms with Crippen LogP contribution in [0, 0.1) is 18.3 Å². The highest BCUT2D eigenvalue weighted by Crippen LogP contribution is 2.10. The SMILES string of the molecule is Cc1ccc(S(=O)(=O)NC(=O)CSCC#N)cc1. The Morgan fingerprint density at radius 2 is 2.00 bits per heavy atom. The Hall–Kier alpha value is -1.52. The first-order valence-corrected chi connectivity index (χ1v) is 7.66. The first-order chi connectivity index (χ1) is 8.45. The number of benzene rings is 1. The van der Waals surface area contributed by atoms with Gasteiger partial charge in [0.25, 0.3) is 10.0 Å². The van der Waals surface area contributed by atoms with Crippen LogP contribution in [0.15, 0.2) is 29.2 Å². The van der Waals surface area contributed by atoms with Gasteiger partial charge in [-0.15, -0.1) is 11.8 Å². The van der Waals surface area contributed by atoms with Crippen LogP contribution in [0.25, 0.3) is 0 Å². The summed E-state index contributed by atoms with van der Waals surface area (Å²) in [5, 5.41) is 8.29. The topological polar surface area (TPSA) is 87.0 Å². The zero-order chi connectivity index (χ0) is 13.6. The van der Waals surface area contributed by atoms with E-state index in [0.717, 1.165) is 17.3 Å². The molecule has 0 saturated carbocycles. The summed E-state index contributed by atoms with van der Waals surface area (Å²) in [6, 6.07) is 8.05. The number of nitrogens with zero attached hydrogens (tertiary/aromatic N) is 1. The lowest BCUT2D eigenvalue weighted by molar-refractivity contribution is -0.116. The Morgan fingerprint density at radius 3 is 2.56 bits per heavy atom. The van der Waals surface area contributed by atoms with Gasteiger partial charge in [0.05, 0.1) is 22.5 Å². The Balaban J connectivity index is 2.68. The van der Waals surface area contributed by atoms with Gasteiger partial charge in [-0.2, -0.15) is 5.26 Å². The van der Waals surface area contributed by atoms with Crippen LogP contribution in [0.3, 0.4) is 0 Å². The van der Waals surface area contributed by atoms with Crippen molar-refractivity contribution in [2.45, 2.75) is 11.8 Å². The van der Waals surface area contributed by atoms with Crippen molar-refractivity contribution in [3.8, 4) is 6.07 Å². The molecule has 1 N–H and O–H groups in total. The molecule has 0 atom stereocenters. The predicted octanol–water partition coefficient (Wildman–Crippen LogP) is 1.06. The second-order valence-corrected chi connectivity index (χ2v) is 6.16. The summed E-state index contributed by atoms with van der Waals surface area (Å²) in [7, 11) is -3.81. The average Bonchev–Trinajstić information content (AvgIpc) is 2.29. The van der Waals surface area contributed by atoms with Crippen molar-refractivity contribution in [1.29, 1.82) is 5.26 Å². The van der Waals surface area contributed by atoms with Gasteiger partial charge in [-0.1, -0.05) is 17.7 Å². The highest BCUT2D eigenvalue weighted by atomic mass is 32.2. The van der Waals surface area contributed by atoms with Crippen molar-refractivity contribution in [3.05, 3.63) is 29.8 Å². The fraction of sp³-hybridized carbons (Fsp3) is 0.273. The van der Waals surface area contributed by atoms with Crippen molar-refractivity contribution in [3.63, 3.8) is 0 Å². The lowest BCUT2D eigenvalue weighted by atomic mass is 10.2. The third kappa shape index (κ3) is 4.39. The second-order valence-electron chi connectivity index (χ2n) is 3.49. The van der Waals surface area contributed by atoms with Gasteiger partial charge >= 0.3 is 0 Å². The molecular weight excluding hydrogens is 272 g/mol. The summed E-state index contributed by atoms with van der Waals surface area (Å²) < 4.78 is 25.5. The number of amides is 1. The van der Waals surface area contributed by atoms with E-state index in [9.17, 15) is 13.2 Å². The molecule has 0 fully saturated rings. The van der Waals surface area contributed by atoms with Crippen molar-refractivity contribution < 1.29 is 13.2 Å². The number of nitriles is 1. The van der Waals surface area contributed by atoms with Gasteiger partial charge in [-0.05, 0) is 19.1 Å². The minimum absolute atomic E-state index is 0.0479. The van der Waals surface area contributed by atoms with Crippen LogP contribution in [0.2, 0.25) is 0 Å². The van der Waals surface area contributed by atoms with E-state index in [2.05, 4.69) is 0 Å². The molecule has 0 aliphatic rings. The number of rotatable bonds is 5. The van der Waals surface area contributed by atoms with Crippen LogP contribution < -0.4 is 4.72 Å². The largest absolute Gasteiger partial charge is 0.273 e. The smallest absolute Gasteiger partial charge is 0.264 e. The number of thioether (sulfide) groups is 1. The van der Waals surface area contributed by atoms with Gasteiger partial charge in [-0.25, -0.2) is 13.1 Å². The lowest BCUT2D eigenvalue weighted by Gasteiger charge is -2.06. The first kappa shape index (κ1) is 14.5. The quantitative estimate of drug-likeness (QED) is 0.817. The van der Waals surface area contributed by atoms with Gasteiger partial charge in [0.2, 0.25) is 5.91 Å². The molecule has 0 radical (unpaired) electrons. The molecule has 96 valence electrons. The maximum Gasteiger partial charge on any atom is 0.264 e. The van der Waals surface area contributed by atoms with E-state index in [1.54, 1.807) is 12.1 Å². The molecule has 0 unspecified atom stereocenters. The number of carbonyl (C=O) groups excluding carboxylic acids is 1. The van der Waals surface area contributed by atoms with E-state index in [-0.39, 0.29) is 16.4 Å². The van der Waals surface area contributed by atoms with Crippen molar-refractivity contribution >= 4 is 27.7 Å². The monoisotopic (exact) mass is 284 g/mol. The fourth-order valence-electron chi connectivity index (χ4n) is 1.15. The lowest BCUT2D eigenvalue weighted by Crippen LogP contribution is -2.32. The summed E-state index contributed by atoms with van der Waals surface area (Å²) in [6.45, 7) is 1.84. The Bertz CT molecular complexity index is 559. The van der Waals surface area contributed by atoms with E-state index in [1.807, 2.05) is 17.7 Å². The van der Waals surface area contributed by atoms with Crippen LogP contribution in [-0.2, 0) is 14.8 Å². The van der Waals surface area contributed by atoms with Crippen molar-refractivity contribution in [1.82, 2.24) is 4.72 Å². The molecule has 0 bridgehead atoms. The molecule has 0 spiro atoms. The van der Waals surface area contributed by atoms with Crippen LogP contribution in [0.5, 0.6) is 0 Å². The average molecular weight is 284 g/mol. The number of hydrogen-bond donors (Lipinski definition) is 1. The molecule has 0 aromatic heterocycles. The van der Waals surface area contributed by atoms with E-state index in [1.165, 1.54) is 12.1 Å². The standard InChI is InChI=1S/C11H12N2O3S2/c1-9-2-4-10(5-3-9)18(15,16)13-11(14)8-17-7-6-12/h2-5H,7-8H2,1H3,(H,13,14). The van der Waals surface area contributed by atoms with Crippen LogP contribution in [0.4, 0.5) is 0 Å². The van der Waals surface area contributed by atoms with Crippen LogP contribution >= 0.6 is 11.8 Å². The summed E-state index contributed by atoms with van der Waals surface area (Å²) in [4.78, 5) is 11.4. The summed E-state index contributed by atoms with van der Waals surface area (Å²) in [6.07, 6.45) is 0. The van der Waals surface area contributed by atoms with E-state index < -0.39 is 15.9 Å². The number of sulfonamides is 1. The predicted molar refractivity (Wildman–Crippen MR) is 69.4 cm³/mol. The van der Waals surface area contributed by atoms with Gasteiger partial charge in [0.1, 0.15) is 0 Å². The molecule has 0 heterocycles. The third-order valence-corrected chi connectivity index (χ3v) is 4.17. The van der Waals surface area contributed by atoms with Gasteiger partial charge in [-0.3, -0.25) is 4.79 Å². The molecule has 18 heavy (non-hydrogen) atoms. The van der Waals surface area contributed by atoms with Crippen LogP contribution in [-0.4, -0.2) is 25.8 Å². The highest BCUT2D eigenvalue weighted by molar-refractivity contribution is 8.00. The second kappa shape index (κ2) is 6.42. The molecule has 0 aliphatic heterocycles. The van der Waals surface area contributed by atoms with Gasteiger partial charge in [0.15, 0.2) is 0 Å². The first-order valence-electron chi connectivity index (χ1n) is 5.03. The molecule has 1 rings (SSSR count). The summed E-state index contributed by atoms with van der Waals surface area (Å²) in [5.74, 6) is -0.535. The molecule has 1 aromatic rings. The highest BCUT2D eigenvalue weighted by Gasteiger charge is 2.16. The third-order valence-electron chi connectivity index (χ3n) is 1.98. The number of hydrogen-bond acceptors (Lipinski definition) is 5. The van der Waals surface area contributed by atoms with E-state index in [0.29, 0.717) is 0 Å².